The van der Waals surface area contributed by atoms with Crippen molar-refractivity contribution in [2.24, 2.45) is 0 Å². The molecule has 3 rings (SSSR count). The molecular formula is C23H23Cl3N4O3S. The fourth-order valence-corrected chi connectivity index (χ4v) is 5.21. The number of thiophene rings is 1. The van der Waals surface area contributed by atoms with E-state index in [1.165, 1.54) is 36.8 Å². The first-order valence-corrected chi connectivity index (χ1v) is 12.3. The number of nitrogens with one attached hydrogen (secondary N) is 2. The van der Waals surface area contributed by atoms with Crippen LogP contribution in [0.5, 0.6) is 5.75 Å². The SMILES string of the molecule is CCN(CC)c1c(C)sc(C(=O)Nc2c(OC)cc(Cl)cc2C(=O)Nc2ccc(Cl)cn2)c1Cl. The van der Waals surface area contributed by atoms with Crippen molar-refractivity contribution in [1.29, 1.82) is 0 Å². The second-order valence-corrected chi connectivity index (χ2v) is 9.60. The molecule has 0 atom stereocenters. The topological polar surface area (TPSA) is 83.6 Å². The molecule has 0 unspecified atom stereocenters. The molecule has 0 bridgehead atoms. The molecule has 2 amide bonds. The van der Waals surface area contributed by atoms with Gasteiger partial charge in [0.15, 0.2) is 0 Å². The molecule has 0 fully saturated rings. The van der Waals surface area contributed by atoms with Gasteiger partial charge in [0.2, 0.25) is 0 Å². The van der Waals surface area contributed by atoms with E-state index in [1.54, 1.807) is 12.1 Å². The lowest BCUT2D eigenvalue weighted by Gasteiger charge is -2.21. The number of carbonyl (C=O) groups excluding carboxylic acids is 2. The first-order chi connectivity index (χ1) is 16.2. The zero-order valence-corrected chi connectivity index (χ0v) is 22.0. The number of aromatic nitrogens is 1. The molecule has 7 nitrogen and oxygen atoms in total. The number of halogens is 3. The van der Waals surface area contributed by atoms with Gasteiger partial charge in [0.1, 0.15) is 16.4 Å². The molecular weight excluding hydrogens is 519 g/mol. The Bertz CT molecular complexity index is 1210. The monoisotopic (exact) mass is 540 g/mol. The van der Waals surface area contributed by atoms with Gasteiger partial charge in [-0.25, -0.2) is 4.98 Å². The van der Waals surface area contributed by atoms with E-state index in [1.807, 2.05) is 20.8 Å². The summed E-state index contributed by atoms with van der Waals surface area (Å²) in [4.78, 5) is 33.8. The molecule has 11 heteroatoms. The van der Waals surface area contributed by atoms with E-state index in [2.05, 4.69) is 20.5 Å². The van der Waals surface area contributed by atoms with Crippen molar-refractivity contribution in [2.75, 3.05) is 35.7 Å². The highest BCUT2D eigenvalue weighted by Gasteiger charge is 2.26. The highest BCUT2D eigenvalue weighted by atomic mass is 35.5. The second kappa shape index (κ2) is 11.3. The Kier molecular flexibility index (Phi) is 8.65. The molecule has 0 saturated heterocycles. The molecule has 0 radical (unpaired) electrons. The predicted molar refractivity (Wildman–Crippen MR) is 141 cm³/mol. The number of nitrogens with zero attached hydrogens (tertiary/aromatic N) is 2. The number of aryl methyl sites for hydroxylation is 1. The minimum atomic E-state index is -0.539. The van der Waals surface area contributed by atoms with Crippen molar-refractivity contribution in [3.05, 3.63) is 60.8 Å². The summed E-state index contributed by atoms with van der Waals surface area (Å²) >= 11 is 20.0. The number of pyridine rings is 1. The second-order valence-electron chi connectivity index (χ2n) is 7.12. The lowest BCUT2D eigenvalue weighted by Crippen LogP contribution is -2.22. The van der Waals surface area contributed by atoms with E-state index in [-0.39, 0.29) is 27.8 Å². The quantitative estimate of drug-likeness (QED) is 0.329. The van der Waals surface area contributed by atoms with Gasteiger partial charge in [0.25, 0.3) is 11.8 Å². The van der Waals surface area contributed by atoms with Crippen molar-refractivity contribution in [3.63, 3.8) is 0 Å². The predicted octanol–water partition coefficient (Wildman–Crippen LogP) is 6.77. The highest BCUT2D eigenvalue weighted by Crippen LogP contribution is 2.41. The molecule has 2 aromatic heterocycles. The van der Waals surface area contributed by atoms with Crippen LogP contribution in [0.25, 0.3) is 0 Å². The van der Waals surface area contributed by atoms with Crippen LogP contribution in [0.15, 0.2) is 30.5 Å². The zero-order chi connectivity index (χ0) is 25.0. The standard InChI is InChI=1S/C23H23Cl3N4O3S/c1-5-30(6-2)20-12(3)34-21(18(20)26)23(32)29-19-15(9-14(25)10-16(19)33-4)22(31)28-17-8-7-13(24)11-27-17/h7-11H,5-6H2,1-4H3,(H,29,32)(H,27,28,31). The Morgan fingerprint density at radius 3 is 2.35 bits per heavy atom. The third kappa shape index (κ3) is 5.58. The fourth-order valence-electron chi connectivity index (χ4n) is 3.41. The van der Waals surface area contributed by atoms with Gasteiger partial charge in [-0.15, -0.1) is 11.3 Å². The van der Waals surface area contributed by atoms with Crippen LogP contribution in [0.3, 0.4) is 0 Å². The molecule has 1 aromatic carbocycles. The average Bonchev–Trinajstić information content (AvgIpc) is 3.11. The number of carbonyl (C=O) groups is 2. The van der Waals surface area contributed by atoms with E-state index in [4.69, 9.17) is 39.5 Å². The molecule has 0 aliphatic rings. The summed E-state index contributed by atoms with van der Waals surface area (Å²) in [5.74, 6) is -0.492. The minimum Gasteiger partial charge on any atom is -0.494 e. The molecule has 0 spiro atoms. The van der Waals surface area contributed by atoms with Crippen LogP contribution in [-0.4, -0.2) is 37.0 Å². The summed E-state index contributed by atoms with van der Waals surface area (Å²) in [6.07, 6.45) is 1.41. The van der Waals surface area contributed by atoms with Crippen molar-refractivity contribution in [3.8, 4) is 5.75 Å². The molecule has 2 N–H and O–H groups in total. The summed E-state index contributed by atoms with van der Waals surface area (Å²) in [5, 5.41) is 6.52. The number of hydrogen-bond acceptors (Lipinski definition) is 6. The minimum absolute atomic E-state index is 0.0998. The molecule has 0 aliphatic heterocycles. The first-order valence-electron chi connectivity index (χ1n) is 10.4. The van der Waals surface area contributed by atoms with Gasteiger partial charge in [0, 0.05) is 35.3 Å². The summed E-state index contributed by atoms with van der Waals surface area (Å²) < 4.78 is 5.40. The van der Waals surface area contributed by atoms with Crippen LogP contribution < -0.4 is 20.3 Å². The molecule has 180 valence electrons. The number of methoxy groups -OCH3 is 1. The Hall–Kier alpha value is -2.52. The maximum atomic E-state index is 13.3. The summed E-state index contributed by atoms with van der Waals surface area (Å²) in [6, 6.07) is 6.11. The number of benzene rings is 1. The van der Waals surface area contributed by atoms with Gasteiger partial charge < -0.3 is 20.3 Å². The van der Waals surface area contributed by atoms with Crippen LogP contribution in [-0.2, 0) is 0 Å². The van der Waals surface area contributed by atoms with Crippen LogP contribution in [0.2, 0.25) is 15.1 Å². The van der Waals surface area contributed by atoms with Crippen LogP contribution in [0, 0.1) is 6.92 Å². The summed E-state index contributed by atoms with van der Waals surface area (Å²) in [6.45, 7) is 7.47. The van der Waals surface area contributed by atoms with Gasteiger partial charge in [-0.1, -0.05) is 34.8 Å². The van der Waals surface area contributed by atoms with Crippen molar-refractivity contribution in [2.45, 2.75) is 20.8 Å². The molecule has 0 aliphatic carbocycles. The molecule has 2 heterocycles. The van der Waals surface area contributed by atoms with E-state index in [0.717, 1.165) is 23.7 Å². The Morgan fingerprint density at radius 1 is 1.06 bits per heavy atom. The Labute approximate surface area is 217 Å². The maximum absolute atomic E-state index is 13.3. The first kappa shape index (κ1) is 26.1. The van der Waals surface area contributed by atoms with Crippen molar-refractivity contribution in [1.82, 2.24) is 4.98 Å². The maximum Gasteiger partial charge on any atom is 0.267 e. The smallest absolute Gasteiger partial charge is 0.267 e. The highest BCUT2D eigenvalue weighted by molar-refractivity contribution is 7.15. The molecule has 34 heavy (non-hydrogen) atoms. The van der Waals surface area contributed by atoms with Crippen molar-refractivity contribution < 1.29 is 14.3 Å². The molecule has 3 aromatic rings. The lowest BCUT2D eigenvalue weighted by molar-refractivity contribution is 0.102. The van der Waals surface area contributed by atoms with E-state index >= 15 is 0 Å². The lowest BCUT2D eigenvalue weighted by atomic mass is 10.1. The number of anilines is 3. The number of hydrogen-bond donors (Lipinski definition) is 2. The number of rotatable bonds is 8. The third-order valence-corrected chi connectivity index (χ3v) is 7.04. The normalized spacial score (nSPS) is 10.7. The average molecular weight is 542 g/mol. The number of ether oxygens (including phenoxy) is 1. The zero-order valence-electron chi connectivity index (χ0n) is 19.0. The van der Waals surface area contributed by atoms with Gasteiger partial charge in [-0.05, 0) is 39.0 Å². The summed E-state index contributed by atoms with van der Waals surface area (Å²) in [7, 11) is 1.42. The Morgan fingerprint density at radius 2 is 1.76 bits per heavy atom. The van der Waals surface area contributed by atoms with E-state index < -0.39 is 11.8 Å². The largest absolute Gasteiger partial charge is 0.494 e. The van der Waals surface area contributed by atoms with Gasteiger partial charge in [-0.2, -0.15) is 0 Å². The van der Waals surface area contributed by atoms with E-state index in [9.17, 15) is 9.59 Å². The summed E-state index contributed by atoms with van der Waals surface area (Å²) in [5.41, 5.74) is 1.09. The van der Waals surface area contributed by atoms with Crippen LogP contribution in [0.4, 0.5) is 17.2 Å². The molecule has 0 saturated carbocycles. The van der Waals surface area contributed by atoms with Crippen molar-refractivity contribution >= 4 is 75.1 Å². The van der Waals surface area contributed by atoms with Crippen LogP contribution >= 0.6 is 46.1 Å². The third-order valence-electron chi connectivity index (χ3n) is 5.02. The van der Waals surface area contributed by atoms with E-state index in [0.29, 0.717) is 14.9 Å². The van der Waals surface area contributed by atoms with Gasteiger partial charge in [0.05, 0.1) is 34.1 Å². The van der Waals surface area contributed by atoms with Crippen LogP contribution in [0.1, 0.15) is 38.8 Å². The van der Waals surface area contributed by atoms with Gasteiger partial charge in [-0.3, -0.25) is 9.59 Å². The van der Waals surface area contributed by atoms with Gasteiger partial charge >= 0.3 is 0 Å². The number of amides is 2. The Balaban J connectivity index is 1.98. The fraction of sp³-hybridized carbons (Fsp3) is 0.261.